The quantitative estimate of drug-likeness (QED) is 0.0963. The highest BCUT2D eigenvalue weighted by Gasteiger charge is 2.28. The van der Waals surface area contributed by atoms with Crippen LogP contribution in [-0.2, 0) is 7.05 Å². The fourth-order valence-electron chi connectivity index (χ4n) is 8.07. The summed E-state index contributed by atoms with van der Waals surface area (Å²) in [7, 11) is 2.24. The molecule has 4 heteroatoms. The monoisotopic (exact) mass is 769 g/mol. The summed E-state index contributed by atoms with van der Waals surface area (Å²) in [5.41, 5.74) is 15.1. The highest BCUT2D eigenvalue weighted by Crippen LogP contribution is 2.45. The van der Waals surface area contributed by atoms with E-state index in [1.54, 1.807) is 11.8 Å². The van der Waals surface area contributed by atoms with Crippen molar-refractivity contribution < 1.29 is 0 Å². The molecule has 7 aromatic rings. The van der Waals surface area contributed by atoms with Crippen LogP contribution in [0.2, 0.25) is 0 Å². The molecule has 7 rings (SSSR count). The van der Waals surface area contributed by atoms with Gasteiger partial charge in [0.15, 0.2) is 0 Å². The summed E-state index contributed by atoms with van der Waals surface area (Å²) >= 11 is 1.80. The molecule has 292 valence electrons. The maximum absolute atomic E-state index is 2.49. The van der Waals surface area contributed by atoms with Crippen LogP contribution in [0.25, 0.3) is 22.2 Å². The number of nitrogens with zero attached hydrogens (tertiary/aromatic N) is 3. The molecule has 0 saturated carbocycles. The molecule has 1 heterocycles. The van der Waals surface area contributed by atoms with Crippen LogP contribution in [-0.4, -0.2) is 23.9 Å². The third kappa shape index (κ3) is 9.03. The van der Waals surface area contributed by atoms with Crippen molar-refractivity contribution >= 4 is 45.4 Å². The van der Waals surface area contributed by atoms with Crippen molar-refractivity contribution in [2.24, 2.45) is 18.9 Å². The van der Waals surface area contributed by atoms with E-state index in [4.69, 9.17) is 0 Å². The highest BCUT2D eigenvalue weighted by atomic mass is 32.2. The number of fused-ring (bicyclic) bond motifs is 1. The topological polar surface area (TPSA) is 11.4 Å². The van der Waals surface area contributed by atoms with Crippen molar-refractivity contribution in [1.29, 1.82) is 0 Å². The van der Waals surface area contributed by atoms with Crippen molar-refractivity contribution in [1.82, 2.24) is 4.57 Å². The first-order chi connectivity index (χ1) is 27.6. The lowest BCUT2D eigenvalue weighted by Gasteiger charge is -2.28. The van der Waals surface area contributed by atoms with Crippen LogP contribution in [0, 0.1) is 25.7 Å². The van der Waals surface area contributed by atoms with Gasteiger partial charge in [0.25, 0.3) is 0 Å². The van der Waals surface area contributed by atoms with Crippen LogP contribution in [0.1, 0.15) is 74.3 Å². The molecule has 0 spiro atoms. The van der Waals surface area contributed by atoms with Gasteiger partial charge >= 0.3 is 0 Å². The number of hydrogen-bond acceptors (Lipinski definition) is 3. The second-order valence-corrected chi connectivity index (χ2v) is 17.4. The Labute approximate surface area is 346 Å². The van der Waals surface area contributed by atoms with E-state index in [9.17, 15) is 0 Å². The van der Waals surface area contributed by atoms with Crippen molar-refractivity contribution in [2.45, 2.75) is 65.2 Å². The summed E-state index contributed by atoms with van der Waals surface area (Å²) in [5, 5.41) is 1.30. The molecule has 0 fully saturated rings. The molecule has 0 amide bonds. The second-order valence-electron chi connectivity index (χ2n) is 16.5. The summed E-state index contributed by atoms with van der Waals surface area (Å²) in [5.74, 6) is 1.23. The first kappa shape index (κ1) is 40.0. The van der Waals surface area contributed by atoms with Crippen molar-refractivity contribution in [3.63, 3.8) is 0 Å². The van der Waals surface area contributed by atoms with Crippen LogP contribution in [0.5, 0.6) is 0 Å². The van der Waals surface area contributed by atoms with Crippen LogP contribution >= 0.6 is 11.8 Å². The Kier molecular flexibility index (Phi) is 12.6. The van der Waals surface area contributed by atoms with E-state index in [1.807, 2.05) is 0 Å². The number of hydrogen-bond donors (Lipinski definition) is 0. The first-order valence-corrected chi connectivity index (χ1v) is 21.9. The number of aromatic nitrogens is 1. The number of rotatable bonds is 15. The number of anilines is 4. The van der Waals surface area contributed by atoms with E-state index in [0.717, 1.165) is 25.9 Å². The predicted octanol–water partition coefficient (Wildman–Crippen LogP) is 14.7. The first-order valence-electron chi connectivity index (χ1n) is 20.7. The molecule has 0 aliphatic heterocycles. The third-order valence-electron chi connectivity index (χ3n) is 11.4. The van der Waals surface area contributed by atoms with Crippen LogP contribution < -0.4 is 9.80 Å². The van der Waals surface area contributed by atoms with E-state index in [2.05, 4.69) is 215 Å². The second kappa shape index (κ2) is 17.9. The van der Waals surface area contributed by atoms with Gasteiger partial charge in [-0.2, -0.15) is 0 Å². The SMILES string of the molecule is CSc1ccc2c(C(c3ccc(N(CCC(C)C)c4ccc(C)cc4)cc3)c3ccc(N(CCC(C)C)c4ccc(C)cc4)cc3)c(-c3ccccc3)n(C)c2c1. The van der Waals surface area contributed by atoms with E-state index < -0.39 is 0 Å². The van der Waals surface area contributed by atoms with Gasteiger partial charge in [-0.3, -0.25) is 0 Å². The molecule has 57 heavy (non-hydrogen) atoms. The zero-order valence-electron chi connectivity index (χ0n) is 35.2. The normalized spacial score (nSPS) is 11.6. The Morgan fingerprint density at radius 3 is 1.40 bits per heavy atom. The molecular weight excluding hydrogens is 711 g/mol. The number of thioether (sulfide) groups is 1. The van der Waals surface area contributed by atoms with E-state index in [1.165, 1.54) is 77.6 Å². The van der Waals surface area contributed by atoms with Crippen molar-refractivity contribution in [3.05, 3.63) is 173 Å². The highest BCUT2D eigenvalue weighted by molar-refractivity contribution is 7.98. The average Bonchev–Trinajstić information content (AvgIpc) is 3.51. The Morgan fingerprint density at radius 2 is 0.982 bits per heavy atom. The summed E-state index contributed by atoms with van der Waals surface area (Å²) in [4.78, 5) is 6.25. The van der Waals surface area contributed by atoms with Gasteiger partial charge in [-0.25, -0.2) is 0 Å². The molecule has 0 radical (unpaired) electrons. The Morgan fingerprint density at radius 1 is 0.544 bits per heavy atom. The standard InChI is InChI=1S/C53H59N3S/c1-37(2)32-34-55(44-22-14-39(5)15-23-44)46-26-18-41(19-27-46)51(42-20-28-47(29-21-42)56(35-33-38(3)4)45-24-16-40(6)17-25-45)52-49-31-30-48(57-8)36-50(49)54(7)53(52)43-12-10-9-11-13-43/h9-31,36-38,51H,32-35H2,1-8H3. The maximum Gasteiger partial charge on any atom is 0.0530 e. The number of aryl methyl sites for hydroxylation is 3. The van der Waals surface area contributed by atoms with Crippen molar-refractivity contribution in [3.8, 4) is 11.3 Å². The maximum atomic E-state index is 2.49. The van der Waals surface area contributed by atoms with Crippen LogP contribution in [0.3, 0.4) is 0 Å². The molecule has 1 aromatic heterocycles. The number of benzene rings is 6. The minimum atomic E-state index is -0.000821. The van der Waals surface area contributed by atoms with Gasteiger partial charge in [0, 0.05) is 64.6 Å². The van der Waals surface area contributed by atoms with Gasteiger partial charge < -0.3 is 14.4 Å². The zero-order valence-corrected chi connectivity index (χ0v) is 36.0. The molecule has 6 aromatic carbocycles. The largest absolute Gasteiger partial charge is 0.343 e. The predicted molar refractivity (Wildman–Crippen MR) is 249 cm³/mol. The van der Waals surface area contributed by atoms with Crippen molar-refractivity contribution in [2.75, 3.05) is 29.1 Å². The fraction of sp³-hybridized carbons (Fsp3) is 0.283. The summed E-state index contributed by atoms with van der Waals surface area (Å²) in [6, 6.07) is 54.9. The molecular formula is C53H59N3S. The van der Waals surface area contributed by atoms with Gasteiger partial charge in [-0.15, -0.1) is 11.8 Å². The summed E-state index contributed by atoms with van der Waals surface area (Å²) < 4.78 is 2.42. The van der Waals surface area contributed by atoms with E-state index in [0.29, 0.717) is 11.8 Å². The molecule has 0 saturated heterocycles. The van der Waals surface area contributed by atoms with Crippen LogP contribution in [0.4, 0.5) is 22.7 Å². The zero-order chi connectivity index (χ0) is 40.1. The van der Waals surface area contributed by atoms with Gasteiger partial charge in [0.05, 0.1) is 5.69 Å². The Bertz CT molecular complexity index is 2250. The molecule has 0 bridgehead atoms. The molecule has 0 aliphatic carbocycles. The lowest BCUT2D eigenvalue weighted by molar-refractivity contribution is 0.591. The summed E-state index contributed by atoms with van der Waals surface area (Å²) in [6.07, 6.45) is 4.41. The third-order valence-corrected chi connectivity index (χ3v) is 12.1. The smallest absolute Gasteiger partial charge is 0.0530 e. The lowest BCUT2D eigenvalue weighted by Crippen LogP contribution is -2.20. The van der Waals surface area contributed by atoms with E-state index in [-0.39, 0.29) is 5.92 Å². The molecule has 0 atom stereocenters. The minimum absolute atomic E-state index is 0.000821. The molecule has 3 nitrogen and oxygen atoms in total. The van der Waals surface area contributed by atoms with E-state index >= 15 is 0 Å². The minimum Gasteiger partial charge on any atom is -0.343 e. The lowest BCUT2D eigenvalue weighted by atomic mass is 9.82. The Balaban J connectivity index is 1.39. The molecule has 0 unspecified atom stereocenters. The molecule has 0 N–H and O–H groups in total. The summed E-state index contributed by atoms with van der Waals surface area (Å²) in [6.45, 7) is 15.5. The average molecular weight is 770 g/mol. The fourth-order valence-corrected chi connectivity index (χ4v) is 8.50. The Hall–Kier alpha value is -5.19. The van der Waals surface area contributed by atoms with Gasteiger partial charge in [-0.1, -0.05) is 124 Å². The molecule has 0 aliphatic rings. The van der Waals surface area contributed by atoms with Gasteiger partial charge in [-0.05, 0) is 128 Å². The van der Waals surface area contributed by atoms with Crippen LogP contribution in [0.15, 0.2) is 150 Å². The van der Waals surface area contributed by atoms with Gasteiger partial charge in [0.1, 0.15) is 0 Å². The van der Waals surface area contributed by atoms with Gasteiger partial charge in [0.2, 0.25) is 0 Å².